The lowest BCUT2D eigenvalue weighted by Crippen LogP contribution is -2.57. The van der Waals surface area contributed by atoms with Crippen LogP contribution in [-0.2, 0) is 14.9 Å². The topological polar surface area (TPSA) is 81.6 Å². The highest BCUT2D eigenvalue weighted by Crippen LogP contribution is 2.20. The molecule has 0 amide bonds. The van der Waals surface area contributed by atoms with Crippen molar-refractivity contribution in [2.75, 3.05) is 0 Å². The van der Waals surface area contributed by atoms with Gasteiger partial charge in [0.25, 0.3) is 0 Å². The zero-order valence-electron chi connectivity index (χ0n) is 8.01. The maximum Gasteiger partial charge on any atom is 0.387 e. The summed E-state index contributed by atoms with van der Waals surface area (Å²) in [6, 6.07) is 2.88. The van der Waals surface area contributed by atoms with E-state index in [1.165, 1.54) is 29.8 Å². The van der Waals surface area contributed by atoms with Crippen molar-refractivity contribution in [3.8, 4) is 5.75 Å². The van der Waals surface area contributed by atoms with Gasteiger partial charge in [0.05, 0.1) is 0 Å². The second-order valence-corrected chi connectivity index (χ2v) is 5.27. The number of rotatable bonds is 3. The fourth-order valence-corrected chi connectivity index (χ4v) is 1.59. The number of hydrogen-bond acceptors (Lipinski definition) is 3. The molecule has 6 heteroatoms. The highest BCUT2D eigenvalue weighted by atomic mass is 127. The molecular weight excluding hydrogens is 313 g/mol. The molecule has 0 spiro atoms. The smallest absolute Gasteiger partial charge is 0.387 e. The van der Waals surface area contributed by atoms with Crippen LogP contribution in [-0.4, -0.2) is 21.3 Å². The van der Waals surface area contributed by atoms with E-state index >= 15 is 0 Å². The van der Waals surface area contributed by atoms with Crippen LogP contribution < -0.4 is 4.57 Å². The van der Waals surface area contributed by atoms with Crippen LogP contribution in [0.2, 0.25) is 0 Å². The van der Waals surface area contributed by atoms with E-state index in [1.807, 2.05) is 0 Å². The minimum Gasteiger partial charge on any atom is -0.503 e. The summed E-state index contributed by atoms with van der Waals surface area (Å²) >= 11 is 1.74. The summed E-state index contributed by atoms with van der Waals surface area (Å²) in [6.45, 7) is 1.20. The molecule has 0 fully saturated rings. The monoisotopic (exact) mass is 324 g/mol. The number of aliphatic carboxylic acids is 1. The Morgan fingerprint density at radius 3 is 2.67 bits per heavy atom. The lowest BCUT2D eigenvalue weighted by Gasteiger charge is -2.14. The van der Waals surface area contributed by atoms with Crippen LogP contribution in [0.25, 0.3) is 0 Å². The molecule has 0 aromatic carbocycles. The van der Waals surface area contributed by atoms with Crippen LogP contribution in [0.3, 0.4) is 0 Å². The minimum atomic E-state index is -1.24. The number of alkyl halides is 1. The molecule has 1 rings (SSSR count). The number of carbonyl (C=O) groups is 1. The third-order valence-electron chi connectivity index (χ3n) is 2.02. The number of carboxylic acids is 1. The number of aromatic hydroxyl groups is 1. The van der Waals surface area contributed by atoms with Crippen molar-refractivity contribution in [1.29, 1.82) is 0 Å². The summed E-state index contributed by atoms with van der Waals surface area (Å²) in [4.78, 5) is 11.0. The number of aliphatic hydroxyl groups is 1. The Hall–Kier alpha value is -0.890. The molecule has 0 saturated heterocycles. The molecule has 1 unspecified atom stereocenters. The van der Waals surface area contributed by atoms with Gasteiger partial charge in [-0.05, 0) is 6.07 Å². The van der Waals surface area contributed by atoms with Crippen LogP contribution in [0.4, 0.5) is 0 Å². The fraction of sp³-hybridized carbons (Fsp3) is 0.333. The van der Waals surface area contributed by atoms with Gasteiger partial charge in [-0.25, -0.2) is 4.79 Å². The molecule has 82 valence electrons. The quantitative estimate of drug-likeness (QED) is 0.426. The van der Waals surface area contributed by atoms with E-state index in [0.29, 0.717) is 5.69 Å². The number of halogens is 1. The molecule has 5 nitrogen and oxygen atoms in total. The van der Waals surface area contributed by atoms with Crippen LogP contribution in [0, 0.1) is 0 Å². The Morgan fingerprint density at radius 2 is 2.20 bits per heavy atom. The van der Waals surface area contributed by atoms with Gasteiger partial charge in [0.2, 0.25) is 11.9 Å². The molecule has 1 aromatic heterocycles. The lowest BCUT2D eigenvalue weighted by molar-refractivity contribution is -0.724. The van der Waals surface area contributed by atoms with E-state index in [0.717, 1.165) is 0 Å². The van der Waals surface area contributed by atoms with Gasteiger partial charge in [0.1, 0.15) is 6.61 Å². The first-order valence-electron chi connectivity index (χ1n) is 4.16. The van der Waals surface area contributed by atoms with Crippen LogP contribution >= 0.6 is 22.6 Å². The van der Waals surface area contributed by atoms with E-state index in [1.54, 1.807) is 22.6 Å². The highest BCUT2D eigenvalue weighted by molar-refractivity contribution is 14.1. The molecule has 0 saturated carbocycles. The van der Waals surface area contributed by atoms with Crippen molar-refractivity contribution in [2.45, 2.75) is 17.1 Å². The Balaban J connectivity index is 3.34. The van der Waals surface area contributed by atoms with Gasteiger partial charge >= 0.3 is 9.51 Å². The van der Waals surface area contributed by atoms with Gasteiger partial charge in [-0.3, -0.25) is 0 Å². The standard InChI is InChI=1S/C9H10INO4/c1-9(10,8(14)15)11-4-7(13)3-2-6(11)5-12/h2-4,12H,5H2,1H3,(H-,13,14,15)/p+1. The Morgan fingerprint density at radius 1 is 1.60 bits per heavy atom. The maximum absolute atomic E-state index is 11.0. The predicted octanol–water partition coefficient (Wildman–Crippen LogP) is 0.364. The molecule has 0 aliphatic carbocycles. The van der Waals surface area contributed by atoms with Crippen molar-refractivity contribution >= 4 is 28.6 Å². The zero-order valence-corrected chi connectivity index (χ0v) is 10.2. The fourth-order valence-electron chi connectivity index (χ4n) is 1.14. The van der Waals surface area contributed by atoms with Crippen molar-refractivity contribution in [1.82, 2.24) is 0 Å². The molecule has 1 aromatic rings. The second-order valence-electron chi connectivity index (χ2n) is 3.17. The predicted molar refractivity (Wildman–Crippen MR) is 59.5 cm³/mol. The molecule has 3 N–H and O–H groups in total. The van der Waals surface area contributed by atoms with E-state index in [2.05, 4.69) is 0 Å². The second kappa shape index (κ2) is 4.31. The zero-order chi connectivity index (χ0) is 11.6. The first kappa shape index (κ1) is 12.2. The minimum absolute atomic E-state index is 0.0451. The summed E-state index contributed by atoms with van der Waals surface area (Å²) in [5, 5.41) is 27.3. The summed E-state index contributed by atoms with van der Waals surface area (Å²) in [7, 11) is 0. The molecule has 0 radical (unpaired) electrons. The average molecular weight is 324 g/mol. The van der Waals surface area contributed by atoms with Crippen molar-refractivity contribution in [3.05, 3.63) is 24.0 Å². The molecule has 0 bridgehead atoms. The lowest BCUT2D eigenvalue weighted by atomic mass is 10.2. The molecule has 1 atom stereocenters. The summed E-state index contributed by atoms with van der Waals surface area (Å²) < 4.78 is 0.0831. The molecule has 1 heterocycles. The Kier molecular flexibility index (Phi) is 3.50. The van der Waals surface area contributed by atoms with E-state index < -0.39 is 9.51 Å². The van der Waals surface area contributed by atoms with Crippen molar-refractivity contribution in [2.24, 2.45) is 0 Å². The number of pyridine rings is 1. The van der Waals surface area contributed by atoms with Crippen LogP contribution in [0.1, 0.15) is 12.6 Å². The number of carboxylic acid groups (broad SMARTS) is 1. The van der Waals surface area contributed by atoms with Crippen molar-refractivity contribution in [3.63, 3.8) is 0 Å². The summed E-state index contributed by atoms with van der Waals surface area (Å²) in [5.41, 5.74) is 0.423. The maximum atomic E-state index is 11.0. The Bertz CT molecular complexity index is 392. The van der Waals surface area contributed by atoms with Gasteiger partial charge in [0.15, 0.2) is 5.75 Å². The van der Waals surface area contributed by atoms with Crippen molar-refractivity contribution < 1.29 is 24.7 Å². The van der Waals surface area contributed by atoms with Gasteiger partial charge in [-0.1, -0.05) is 0 Å². The Labute approximate surface area is 100 Å². The number of aliphatic hydroxyl groups excluding tert-OH is 1. The normalized spacial score (nSPS) is 14.6. The van der Waals surface area contributed by atoms with E-state index in [-0.39, 0.29) is 12.4 Å². The molecular formula is C9H11INO4+. The number of nitrogens with zero attached hydrogens (tertiary/aromatic N) is 1. The first-order valence-corrected chi connectivity index (χ1v) is 5.24. The highest BCUT2D eigenvalue weighted by Gasteiger charge is 2.42. The number of hydrogen-bond donors (Lipinski definition) is 3. The largest absolute Gasteiger partial charge is 0.503 e. The average Bonchev–Trinajstić information content (AvgIpc) is 2.17. The SMILES string of the molecule is CC(I)(C(=O)O)[n+]1cc(O)ccc1CO. The van der Waals surface area contributed by atoms with Gasteiger partial charge in [0, 0.05) is 35.6 Å². The third kappa shape index (κ3) is 2.37. The summed E-state index contributed by atoms with van der Waals surface area (Å²) in [5.74, 6) is -1.09. The third-order valence-corrected chi connectivity index (χ3v) is 3.00. The van der Waals surface area contributed by atoms with Crippen LogP contribution in [0.5, 0.6) is 5.75 Å². The number of aromatic nitrogens is 1. The molecule has 0 aliphatic rings. The molecule has 15 heavy (non-hydrogen) atoms. The van der Waals surface area contributed by atoms with Crippen LogP contribution in [0.15, 0.2) is 18.3 Å². The first-order chi connectivity index (χ1) is 6.89. The van der Waals surface area contributed by atoms with Gasteiger partial charge in [-0.2, -0.15) is 4.57 Å². The van der Waals surface area contributed by atoms with Gasteiger partial charge < -0.3 is 15.3 Å². The van der Waals surface area contributed by atoms with E-state index in [4.69, 9.17) is 10.2 Å². The summed E-state index contributed by atoms with van der Waals surface area (Å²) in [6.07, 6.45) is 1.28. The van der Waals surface area contributed by atoms with E-state index in [9.17, 15) is 9.90 Å². The van der Waals surface area contributed by atoms with Gasteiger partial charge in [-0.15, -0.1) is 0 Å². The molecule has 0 aliphatic heterocycles.